The van der Waals surface area contributed by atoms with Gasteiger partial charge in [0.05, 0.1) is 5.69 Å². The summed E-state index contributed by atoms with van der Waals surface area (Å²) in [6, 6.07) is 4.36. The number of rotatable bonds is 2. The van der Waals surface area contributed by atoms with E-state index in [1.807, 2.05) is 19.1 Å². The molecule has 2 rings (SSSR count). The minimum atomic E-state index is 0.252. The Labute approximate surface area is 96.2 Å². The highest BCUT2D eigenvalue weighted by atomic mass is 15.2. The minimum absolute atomic E-state index is 0.252. The molecule has 0 aromatic carbocycles. The molecular weight excluding hydrogens is 199 g/mol. The first kappa shape index (κ1) is 10.9. The molecule has 0 spiro atoms. The summed E-state index contributed by atoms with van der Waals surface area (Å²) in [5.41, 5.74) is 0.929. The molecule has 1 aromatic heterocycles. The summed E-state index contributed by atoms with van der Waals surface area (Å²) in [6.07, 6.45) is 4.09. The van der Waals surface area contributed by atoms with Gasteiger partial charge in [0.25, 0.3) is 6.71 Å². The highest BCUT2D eigenvalue weighted by Gasteiger charge is 2.24. The fourth-order valence-electron chi connectivity index (χ4n) is 2.05. The van der Waals surface area contributed by atoms with Crippen molar-refractivity contribution < 1.29 is 0 Å². The predicted octanol–water partition coefficient (Wildman–Crippen LogP) is 1.92. The van der Waals surface area contributed by atoms with E-state index in [4.69, 9.17) is 5.26 Å². The third-order valence-corrected chi connectivity index (χ3v) is 3.06. The van der Waals surface area contributed by atoms with E-state index in [2.05, 4.69) is 21.5 Å². The highest BCUT2D eigenvalue weighted by molar-refractivity contribution is 6.67. The molecule has 0 radical (unpaired) electrons. The Hall–Kier alpha value is -1.57. The standard InChI is InChI=1S/C11H15BN4/c1-9-2-3-11(16-15-9)14-10-4-6-12(8-13)7-5-10/h2-3,10H,4-7H2,1H3,(H,14,16). The maximum absolute atomic E-state index is 8.80. The van der Waals surface area contributed by atoms with Crippen LogP contribution >= 0.6 is 0 Å². The van der Waals surface area contributed by atoms with Crippen molar-refractivity contribution in [3.05, 3.63) is 17.8 Å². The van der Waals surface area contributed by atoms with Gasteiger partial charge in [0.2, 0.25) is 0 Å². The van der Waals surface area contributed by atoms with Gasteiger partial charge in [-0.25, -0.2) is 5.26 Å². The Balaban J connectivity index is 1.87. The van der Waals surface area contributed by atoms with Crippen molar-refractivity contribution in [2.45, 2.75) is 38.4 Å². The molecule has 1 aromatic rings. The van der Waals surface area contributed by atoms with Gasteiger partial charge in [0.15, 0.2) is 0 Å². The lowest BCUT2D eigenvalue weighted by atomic mass is 9.42. The quantitative estimate of drug-likeness (QED) is 0.764. The van der Waals surface area contributed by atoms with Crippen molar-refractivity contribution >= 4 is 12.5 Å². The van der Waals surface area contributed by atoms with Crippen LogP contribution in [-0.4, -0.2) is 23.0 Å². The summed E-state index contributed by atoms with van der Waals surface area (Å²) < 4.78 is 0. The third-order valence-electron chi connectivity index (χ3n) is 3.06. The Bertz CT molecular complexity index is 376. The van der Waals surface area contributed by atoms with Crippen LogP contribution in [-0.2, 0) is 0 Å². The van der Waals surface area contributed by atoms with E-state index in [1.165, 1.54) is 0 Å². The van der Waals surface area contributed by atoms with Gasteiger partial charge in [-0.1, -0.05) is 12.6 Å². The fourth-order valence-corrected chi connectivity index (χ4v) is 2.05. The molecule has 0 aliphatic carbocycles. The fraction of sp³-hybridized carbons (Fsp3) is 0.545. The highest BCUT2D eigenvalue weighted by Crippen LogP contribution is 2.21. The van der Waals surface area contributed by atoms with Crippen LogP contribution in [0, 0.1) is 18.2 Å². The molecule has 0 atom stereocenters. The smallest absolute Gasteiger partial charge is 0.268 e. The minimum Gasteiger partial charge on any atom is -0.366 e. The molecule has 5 heteroatoms. The van der Waals surface area contributed by atoms with E-state index in [0.29, 0.717) is 6.04 Å². The number of nitrogens with one attached hydrogen (secondary N) is 1. The summed E-state index contributed by atoms with van der Waals surface area (Å²) in [7, 11) is 0. The van der Waals surface area contributed by atoms with Gasteiger partial charge in [-0.15, -0.1) is 5.10 Å². The number of nitrogens with zero attached hydrogens (tertiary/aromatic N) is 3. The molecule has 0 unspecified atom stereocenters. The molecule has 0 amide bonds. The molecule has 4 nitrogen and oxygen atoms in total. The SMILES string of the molecule is Cc1ccc(NC2CCB(C#N)CC2)nn1. The first-order valence-electron chi connectivity index (χ1n) is 5.74. The van der Waals surface area contributed by atoms with E-state index < -0.39 is 0 Å². The number of nitriles is 1. The van der Waals surface area contributed by atoms with Crippen LogP contribution in [0.1, 0.15) is 18.5 Å². The molecule has 1 aliphatic heterocycles. The van der Waals surface area contributed by atoms with E-state index in [9.17, 15) is 0 Å². The maximum atomic E-state index is 8.80. The number of hydrogen-bond acceptors (Lipinski definition) is 4. The molecule has 1 saturated heterocycles. The van der Waals surface area contributed by atoms with Crippen molar-refractivity contribution in [2.75, 3.05) is 5.32 Å². The van der Waals surface area contributed by atoms with E-state index >= 15 is 0 Å². The van der Waals surface area contributed by atoms with Crippen molar-refractivity contribution in [3.63, 3.8) is 0 Å². The lowest BCUT2D eigenvalue weighted by molar-refractivity contribution is 0.635. The second-order valence-electron chi connectivity index (χ2n) is 4.38. The molecule has 16 heavy (non-hydrogen) atoms. The molecule has 0 bridgehead atoms. The molecule has 82 valence electrons. The first-order valence-corrected chi connectivity index (χ1v) is 5.74. The summed E-state index contributed by atoms with van der Waals surface area (Å²) in [4.78, 5) is 0. The Morgan fingerprint density at radius 3 is 2.69 bits per heavy atom. The van der Waals surface area contributed by atoms with Crippen LogP contribution in [0.2, 0.25) is 12.6 Å². The maximum Gasteiger partial charge on any atom is 0.268 e. The van der Waals surface area contributed by atoms with E-state index in [0.717, 1.165) is 37.0 Å². The molecule has 1 aliphatic rings. The number of aryl methyl sites for hydroxylation is 1. The van der Waals surface area contributed by atoms with E-state index in [-0.39, 0.29) is 6.71 Å². The van der Waals surface area contributed by atoms with Crippen LogP contribution in [0.25, 0.3) is 0 Å². The molecule has 0 saturated carbocycles. The molecule has 2 heterocycles. The van der Waals surface area contributed by atoms with Gasteiger partial charge < -0.3 is 5.32 Å². The van der Waals surface area contributed by atoms with Gasteiger partial charge in [0, 0.05) is 12.0 Å². The van der Waals surface area contributed by atoms with Crippen molar-refractivity contribution in [2.24, 2.45) is 0 Å². The zero-order valence-electron chi connectivity index (χ0n) is 9.48. The van der Waals surface area contributed by atoms with Gasteiger partial charge in [-0.3, -0.25) is 0 Å². The lowest BCUT2D eigenvalue weighted by Crippen LogP contribution is -2.29. The van der Waals surface area contributed by atoms with Crippen molar-refractivity contribution in [1.82, 2.24) is 10.2 Å². The topological polar surface area (TPSA) is 61.6 Å². The lowest BCUT2D eigenvalue weighted by Gasteiger charge is -2.24. The number of anilines is 1. The van der Waals surface area contributed by atoms with Crippen LogP contribution in [0.15, 0.2) is 12.1 Å². The van der Waals surface area contributed by atoms with Crippen LogP contribution < -0.4 is 5.32 Å². The summed E-state index contributed by atoms with van der Waals surface area (Å²) in [5, 5.41) is 20.3. The zero-order valence-corrected chi connectivity index (χ0v) is 9.48. The Morgan fingerprint density at radius 2 is 2.12 bits per heavy atom. The average molecular weight is 214 g/mol. The Kier molecular flexibility index (Phi) is 3.40. The predicted molar refractivity (Wildman–Crippen MR) is 64.4 cm³/mol. The van der Waals surface area contributed by atoms with Gasteiger partial charge >= 0.3 is 0 Å². The molecule has 1 fully saturated rings. The van der Waals surface area contributed by atoms with E-state index in [1.54, 1.807) is 0 Å². The zero-order chi connectivity index (χ0) is 11.4. The van der Waals surface area contributed by atoms with Gasteiger partial charge in [-0.2, -0.15) is 5.10 Å². The normalized spacial score (nSPS) is 16.9. The second-order valence-corrected chi connectivity index (χ2v) is 4.38. The Morgan fingerprint density at radius 1 is 1.38 bits per heavy atom. The first-order chi connectivity index (χ1) is 7.78. The van der Waals surface area contributed by atoms with Crippen LogP contribution in [0.5, 0.6) is 0 Å². The summed E-state index contributed by atoms with van der Waals surface area (Å²) in [5.74, 6) is 3.18. The molecular formula is C11H15BN4. The summed E-state index contributed by atoms with van der Waals surface area (Å²) in [6.45, 7) is 2.18. The van der Waals surface area contributed by atoms with Crippen LogP contribution in [0.3, 0.4) is 0 Å². The van der Waals surface area contributed by atoms with Gasteiger partial charge in [0.1, 0.15) is 5.82 Å². The van der Waals surface area contributed by atoms with Crippen LogP contribution in [0.4, 0.5) is 5.82 Å². The number of aromatic nitrogens is 2. The largest absolute Gasteiger partial charge is 0.366 e. The summed E-state index contributed by atoms with van der Waals surface area (Å²) >= 11 is 0. The van der Waals surface area contributed by atoms with Gasteiger partial charge in [-0.05, 0) is 31.9 Å². The van der Waals surface area contributed by atoms with Crippen molar-refractivity contribution in [3.8, 4) is 5.97 Å². The monoisotopic (exact) mass is 214 g/mol. The molecule has 1 N–H and O–H groups in total. The average Bonchev–Trinajstić information content (AvgIpc) is 2.33. The number of hydrogen-bond donors (Lipinski definition) is 1. The van der Waals surface area contributed by atoms with Crippen molar-refractivity contribution in [1.29, 1.82) is 5.26 Å². The second kappa shape index (κ2) is 4.97. The third kappa shape index (κ3) is 2.72.